The fraction of sp³-hybridized carbons (Fsp3) is 0.462. The molecule has 0 saturated heterocycles. The average molecular weight is 266 g/mol. The third-order valence-corrected chi connectivity index (χ3v) is 2.78. The minimum atomic E-state index is -0.766. The standard InChI is InChI=1S/C13H18N2O4/c1-14(9-3-2-4-13(16)17)10-11-5-7-12(8-6-11)15(18)19/h5-8H,2-4,9-10H2,1H3,(H,16,17). The summed E-state index contributed by atoms with van der Waals surface area (Å²) in [6, 6.07) is 6.47. The van der Waals surface area contributed by atoms with Gasteiger partial charge in [-0.25, -0.2) is 0 Å². The Balaban J connectivity index is 2.33. The lowest BCUT2D eigenvalue weighted by Crippen LogP contribution is -2.19. The smallest absolute Gasteiger partial charge is 0.303 e. The zero-order valence-corrected chi connectivity index (χ0v) is 10.9. The van der Waals surface area contributed by atoms with Crippen molar-refractivity contribution in [2.75, 3.05) is 13.6 Å². The molecular weight excluding hydrogens is 248 g/mol. The summed E-state index contributed by atoms with van der Waals surface area (Å²) in [6.45, 7) is 1.51. The molecule has 0 unspecified atom stereocenters. The summed E-state index contributed by atoms with van der Waals surface area (Å²) >= 11 is 0. The van der Waals surface area contributed by atoms with Crippen LogP contribution in [0.3, 0.4) is 0 Å². The summed E-state index contributed by atoms with van der Waals surface area (Å²) in [5.41, 5.74) is 1.10. The Labute approximate surface area is 111 Å². The predicted octanol–water partition coefficient (Wildman–Crippen LogP) is 2.28. The van der Waals surface area contributed by atoms with Crippen molar-refractivity contribution in [2.45, 2.75) is 25.8 Å². The quantitative estimate of drug-likeness (QED) is 0.443. The highest BCUT2D eigenvalue weighted by Crippen LogP contribution is 2.13. The lowest BCUT2D eigenvalue weighted by molar-refractivity contribution is -0.384. The van der Waals surface area contributed by atoms with Gasteiger partial charge in [-0.05, 0) is 32.0 Å². The van der Waals surface area contributed by atoms with Gasteiger partial charge in [0, 0.05) is 25.1 Å². The van der Waals surface area contributed by atoms with Crippen LogP contribution in [0.25, 0.3) is 0 Å². The monoisotopic (exact) mass is 266 g/mol. The molecule has 104 valence electrons. The number of carbonyl (C=O) groups is 1. The summed E-state index contributed by atoms with van der Waals surface area (Å²) in [7, 11) is 1.95. The molecule has 0 fully saturated rings. The Kier molecular flexibility index (Phi) is 5.95. The molecule has 1 aromatic rings. The van der Waals surface area contributed by atoms with E-state index in [0.29, 0.717) is 13.0 Å². The molecule has 6 heteroatoms. The van der Waals surface area contributed by atoms with E-state index in [9.17, 15) is 14.9 Å². The second kappa shape index (κ2) is 7.48. The number of nitro benzene ring substituents is 1. The van der Waals surface area contributed by atoms with E-state index in [4.69, 9.17) is 5.11 Å². The van der Waals surface area contributed by atoms with Gasteiger partial charge in [0.2, 0.25) is 0 Å². The van der Waals surface area contributed by atoms with E-state index in [0.717, 1.165) is 18.5 Å². The van der Waals surface area contributed by atoms with Crippen LogP contribution in [-0.4, -0.2) is 34.5 Å². The van der Waals surface area contributed by atoms with E-state index in [2.05, 4.69) is 4.90 Å². The summed E-state index contributed by atoms with van der Waals surface area (Å²) in [6.07, 6.45) is 1.70. The molecule has 0 aliphatic carbocycles. The maximum absolute atomic E-state index is 10.5. The highest BCUT2D eigenvalue weighted by Gasteiger charge is 2.06. The van der Waals surface area contributed by atoms with Gasteiger partial charge in [0.25, 0.3) is 5.69 Å². The SMILES string of the molecule is CN(CCCCC(=O)O)Cc1ccc([N+](=O)[O-])cc1. The molecule has 0 saturated carbocycles. The molecule has 0 heterocycles. The molecule has 0 spiro atoms. The van der Waals surface area contributed by atoms with Gasteiger partial charge < -0.3 is 10.0 Å². The minimum Gasteiger partial charge on any atom is -0.481 e. The number of hydrogen-bond donors (Lipinski definition) is 1. The zero-order valence-electron chi connectivity index (χ0n) is 10.9. The van der Waals surface area contributed by atoms with Crippen LogP contribution < -0.4 is 0 Å². The number of carboxylic acid groups (broad SMARTS) is 1. The van der Waals surface area contributed by atoms with Crippen LogP contribution in [0.5, 0.6) is 0 Å². The van der Waals surface area contributed by atoms with Gasteiger partial charge in [0.05, 0.1) is 4.92 Å². The molecule has 1 rings (SSSR count). The van der Waals surface area contributed by atoms with Crippen molar-refractivity contribution in [3.05, 3.63) is 39.9 Å². The molecule has 0 bridgehead atoms. The van der Waals surface area contributed by atoms with Gasteiger partial charge in [-0.3, -0.25) is 14.9 Å². The van der Waals surface area contributed by atoms with Crippen molar-refractivity contribution in [1.82, 2.24) is 4.90 Å². The molecule has 1 N–H and O–H groups in total. The number of hydrogen-bond acceptors (Lipinski definition) is 4. The Morgan fingerprint density at radius 1 is 1.32 bits per heavy atom. The highest BCUT2D eigenvalue weighted by atomic mass is 16.6. The fourth-order valence-electron chi connectivity index (χ4n) is 1.77. The Morgan fingerprint density at radius 3 is 2.47 bits per heavy atom. The van der Waals surface area contributed by atoms with E-state index in [1.807, 2.05) is 7.05 Å². The first-order valence-corrected chi connectivity index (χ1v) is 6.12. The van der Waals surface area contributed by atoms with Gasteiger partial charge in [0.15, 0.2) is 0 Å². The first-order chi connectivity index (χ1) is 8.99. The van der Waals surface area contributed by atoms with Gasteiger partial charge in [-0.2, -0.15) is 0 Å². The second-order valence-corrected chi connectivity index (χ2v) is 4.51. The van der Waals surface area contributed by atoms with Crippen LogP contribution in [0, 0.1) is 10.1 Å². The molecule has 0 atom stereocenters. The summed E-state index contributed by atoms with van der Waals surface area (Å²) in [5.74, 6) is -0.766. The number of nitro groups is 1. The van der Waals surface area contributed by atoms with Crippen LogP contribution in [0.4, 0.5) is 5.69 Å². The van der Waals surface area contributed by atoms with Crippen LogP contribution in [0.15, 0.2) is 24.3 Å². The normalized spacial score (nSPS) is 10.6. The largest absolute Gasteiger partial charge is 0.481 e. The van der Waals surface area contributed by atoms with Gasteiger partial charge in [0.1, 0.15) is 0 Å². The number of carboxylic acids is 1. The van der Waals surface area contributed by atoms with Crippen molar-refractivity contribution < 1.29 is 14.8 Å². The molecule has 0 aliphatic heterocycles. The maximum atomic E-state index is 10.5. The minimum absolute atomic E-state index is 0.0906. The number of rotatable bonds is 8. The van der Waals surface area contributed by atoms with E-state index in [1.54, 1.807) is 12.1 Å². The number of non-ortho nitro benzene ring substituents is 1. The molecular formula is C13H18N2O4. The Bertz CT molecular complexity index is 431. The summed E-state index contributed by atoms with van der Waals surface area (Å²) in [4.78, 5) is 22.5. The van der Waals surface area contributed by atoms with Crippen molar-refractivity contribution in [3.8, 4) is 0 Å². The van der Waals surface area contributed by atoms with Crippen molar-refractivity contribution in [2.24, 2.45) is 0 Å². The number of nitrogens with zero attached hydrogens (tertiary/aromatic N) is 2. The molecule has 0 radical (unpaired) electrons. The first-order valence-electron chi connectivity index (χ1n) is 6.12. The summed E-state index contributed by atoms with van der Waals surface area (Å²) < 4.78 is 0. The highest BCUT2D eigenvalue weighted by molar-refractivity contribution is 5.66. The van der Waals surface area contributed by atoms with Gasteiger partial charge in [-0.15, -0.1) is 0 Å². The third-order valence-electron chi connectivity index (χ3n) is 2.78. The van der Waals surface area contributed by atoms with Crippen LogP contribution >= 0.6 is 0 Å². The fourth-order valence-corrected chi connectivity index (χ4v) is 1.77. The maximum Gasteiger partial charge on any atom is 0.303 e. The molecule has 19 heavy (non-hydrogen) atoms. The van der Waals surface area contributed by atoms with Gasteiger partial charge in [-0.1, -0.05) is 12.1 Å². The first kappa shape index (κ1) is 15.1. The zero-order chi connectivity index (χ0) is 14.3. The van der Waals surface area contributed by atoms with Gasteiger partial charge >= 0.3 is 5.97 Å². The second-order valence-electron chi connectivity index (χ2n) is 4.51. The van der Waals surface area contributed by atoms with Crippen molar-refractivity contribution >= 4 is 11.7 Å². The molecule has 0 aliphatic rings. The van der Waals surface area contributed by atoms with E-state index >= 15 is 0 Å². The number of aliphatic carboxylic acids is 1. The lowest BCUT2D eigenvalue weighted by Gasteiger charge is -2.16. The molecule has 6 nitrogen and oxygen atoms in total. The molecule has 0 aromatic heterocycles. The Hall–Kier alpha value is -1.95. The number of benzene rings is 1. The summed E-state index contributed by atoms with van der Waals surface area (Å²) in [5, 5.41) is 19.0. The predicted molar refractivity (Wildman–Crippen MR) is 70.9 cm³/mol. The van der Waals surface area contributed by atoms with Crippen LogP contribution in [0.1, 0.15) is 24.8 Å². The Morgan fingerprint density at radius 2 is 1.95 bits per heavy atom. The van der Waals surface area contributed by atoms with E-state index in [-0.39, 0.29) is 12.1 Å². The topological polar surface area (TPSA) is 83.7 Å². The van der Waals surface area contributed by atoms with E-state index < -0.39 is 10.9 Å². The lowest BCUT2D eigenvalue weighted by atomic mass is 10.2. The van der Waals surface area contributed by atoms with Crippen LogP contribution in [-0.2, 0) is 11.3 Å². The molecule has 1 aromatic carbocycles. The third kappa shape index (κ3) is 5.96. The molecule has 0 amide bonds. The van der Waals surface area contributed by atoms with Crippen LogP contribution in [0.2, 0.25) is 0 Å². The van der Waals surface area contributed by atoms with E-state index in [1.165, 1.54) is 12.1 Å². The number of unbranched alkanes of at least 4 members (excludes halogenated alkanes) is 1. The average Bonchev–Trinajstić information content (AvgIpc) is 2.35. The van der Waals surface area contributed by atoms with Crippen molar-refractivity contribution in [3.63, 3.8) is 0 Å². The van der Waals surface area contributed by atoms with Crippen molar-refractivity contribution in [1.29, 1.82) is 0 Å².